The molecule has 35 heavy (non-hydrogen) atoms. The van der Waals surface area contributed by atoms with Crippen molar-refractivity contribution in [3.05, 3.63) is 47.8 Å². The van der Waals surface area contributed by atoms with Crippen molar-refractivity contribution in [2.24, 2.45) is 0 Å². The molecule has 4 aromatic heterocycles. The maximum atomic E-state index is 5.39. The molecule has 0 saturated carbocycles. The number of ether oxygens (including phenoxy) is 2. The average Bonchev–Trinajstić information content (AvgIpc) is 3.44. The van der Waals surface area contributed by atoms with Gasteiger partial charge in [-0.2, -0.15) is 0 Å². The lowest BCUT2D eigenvalue weighted by Gasteiger charge is -2.28. The minimum atomic E-state index is 0.792. The summed E-state index contributed by atoms with van der Waals surface area (Å²) in [6.45, 7) is 11.5. The van der Waals surface area contributed by atoms with Gasteiger partial charge in [0.15, 0.2) is 0 Å². The van der Waals surface area contributed by atoms with E-state index in [-0.39, 0.29) is 0 Å². The summed E-state index contributed by atoms with van der Waals surface area (Å²) >= 11 is 13.8. The SMILES string of the molecule is C1COCCN1.Cc1csc2c(Br)nc(Br)cc12.Cc1csc2c(N3CCOCC3)nc(Br)cc12. The number of nitrogens with one attached hydrogen (secondary N) is 1. The number of fused-ring (bicyclic) bond motifs is 2. The van der Waals surface area contributed by atoms with Crippen molar-refractivity contribution in [2.75, 3.05) is 57.5 Å². The van der Waals surface area contributed by atoms with Crippen LogP contribution in [0.15, 0.2) is 36.7 Å². The Hall–Kier alpha value is -0.660. The molecule has 1 N–H and O–H groups in total. The number of nitrogens with zero attached hydrogens (tertiary/aromatic N) is 3. The van der Waals surface area contributed by atoms with Gasteiger partial charge < -0.3 is 19.7 Å². The van der Waals surface area contributed by atoms with Gasteiger partial charge in [-0.15, -0.1) is 22.7 Å². The number of hydrogen-bond donors (Lipinski definition) is 1. The molecule has 2 fully saturated rings. The van der Waals surface area contributed by atoms with Gasteiger partial charge in [-0.25, -0.2) is 9.97 Å². The average molecular weight is 707 g/mol. The quantitative estimate of drug-likeness (QED) is 0.217. The lowest BCUT2D eigenvalue weighted by molar-refractivity contribution is 0.109. The third-order valence-electron chi connectivity index (χ3n) is 5.54. The van der Waals surface area contributed by atoms with Crippen LogP contribution in [0.25, 0.3) is 20.2 Å². The highest BCUT2D eigenvalue weighted by Gasteiger charge is 2.17. The predicted molar refractivity (Wildman–Crippen MR) is 159 cm³/mol. The molecule has 11 heteroatoms. The molecule has 2 aliphatic heterocycles. The van der Waals surface area contributed by atoms with E-state index in [1.54, 1.807) is 22.7 Å². The van der Waals surface area contributed by atoms with E-state index in [2.05, 4.69) is 98.6 Å². The fourth-order valence-electron chi connectivity index (χ4n) is 3.70. The van der Waals surface area contributed by atoms with Crippen LogP contribution in [-0.2, 0) is 9.47 Å². The lowest BCUT2D eigenvalue weighted by atomic mass is 10.2. The van der Waals surface area contributed by atoms with Gasteiger partial charge >= 0.3 is 0 Å². The Morgan fingerprint density at radius 2 is 1.34 bits per heavy atom. The van der Waals surface area contributed by atoms with Gasteiger partial charge in [-0.3, -0.25) is 0 Å². The normalized spacial score (nSPS) is 16.0. The molecule has 0 atom stereocenters. The van der Waals surface area contributed by atoms with Crippen LogP contribution in [0, 0.1) is 13.8 Å². The van der Waals surface area contributed by atoms with E-state index in [9.17, 15) is 0 Å². The highest BCUT2D eigenvalue weighted by atomic mass is 79.9. The van der Waals surface area contributed by atoms with Gasteiger partial charge in [0.2, 0.25) is 0 Å². The number of aromatic nitrogens is 2. The van der Waals surface area contributed by atoms with Crippen LogP contribution in [0.4, 0.5) is 5.82 Å². The molecule has 0 radical (unpaired) electrons. The van der Waals surface area contributed by atoms with Crippen molar-refractivity contribution in [1.29, 1.82) is 0 Å². The van der Waals surface area contributed by atoms with Crippen molar-refractivity contribution in [3.63, 3.8) is 0 Å². The molecule has 6 heterocycles. The van der Waals surface area contributed by atoms with Crippen molar-refractivity contribution in [1.82, 2.24) is 15.3 Å². The summed E-state index contributed by atoms with van der Waals surface area (Å²) in [5.41, 5.74) is 2.63. The number of halogens is 3. The Morgan fingerprint density at radius 3 is 1.91 bits per heavy atom. The smallest absolute Gasteiger partial charge is 0.148 e. The first-order chi connectivity index (χ1) is 16.9. The molecule has 0 bridgehead atoms. The Labute approximate surface area is 238 Å². The van der Waals surface area contributed by atoms with Crippen molar-refractivity contribution >= 4 is 96.5 Å². The molecule has 6 rings (SSSR count). The van der Waals surface area contributed by atoms with Crippen LogP contribution >= 0.6 is 70.5 Å². The van der Waals surface area contributed by atoms with Crippen LogP contribution < -0.4 is 10.2 Å². The van der Waals surface area contributed by atoms with E-state index in [1.807, 2.05) is 6.07 Å². The van der Waals surface area contributed by atoms with Crippen LogP contribution in [-0.4, -0.2) is 62.6 Å². The maximum Gasteiger partial charge on any atom is 0.148 e. The fraction of sp³-hybridized carbons (Fsp3) is 0.417. The van der Waals surface area contributed by atoms with E-state index in [0.717, 1.165) is 72.2 Å². The lowest BCUT2D eigenvalue weighted by Crippen LogP contribution is -2.36. The van der Waals surface area contributed by atoms with Gasteiger partial charge in [-0.05, 0) is 95.7 Å². The first-order valence-corrected chi connectivity index (χ1v) is 15.4. The summed E-state index contributed by atoms with van der Waals surface area (Å²) in [5.74, 6) is 1.09. The number of aryl methyl sites for hydroxylation is 2. The Bertz CT molecular complexity index is 1260. The van der Waals surface area contributed by atoms with E-state index in [4.69, 9.17) is 9.47 Å². The Balaban J connectivity index is 0.000000139. The molecule has 2 aliphatic rings. The van der Waals surface area contributed by atoms with E-state index >= 15 is 0 Å². The molecule has 0 aliphatic carbocycles. The van der Waals surface area contributed by atoms with Crippen LogP contribution in [0.2, 0.25) is 0 Å². The highest BCUT2D eigenvalue weighted by Crippen LogP contribution is 2.35. The van der Waals surface area contributed by atoms with E-state index < -0.39 is 0 Å². The van der Waals surface area contributed by atoms with E-state index in [0.29, 0.717) is 0 Å². The minimum Gasteiger partial charge on any atom is -0.379 e. The molecule has 0 aromatic carbocycles. The Kier molecular flexibility index (Phi) is 10.3. The van der Waals surface area contributed by atoms with Crippen molar-refractivity contribution in [2.45, 2.75) is 13.8 Å². The second kappa shape index (κ2) is 13.2. The number of pyridine rings is 2. The highest BCUT2D eigenvalue weighted by molar-refractivity contribution is 9.11. The second-order valence-corrected chi connectivity index (χ2v) is 12.2. The molecule has 0 unspecified atom stereocenters. The molecule has 2 saturated heterocycles. The summed E-state index contributed by atoms with van der Waals surface area (Å²) in [6.07, 6.45) is 0. The monoisotopic (exact) mass is 704 g/mol. The summed E-state index contributed by atoms with van der Waals surface area (Å²) in [4.78, 5) is 11.2. The first kappa shape index (κ1) is 27.4. The molecule has 6 nitrogen and oxygen atoms in total. The molecule has 4 aromatic rings. The van der Waals surface area contributed by atoms with Gasteiger partial charge in [-0.1, -0.05) is 0 Å². The topological polar surface area (TPSA) is 59.5 Å². The van der Waals surface area contributed by atoms with Crippen LogP contribution in [0.3, 0.4) is 0 Å². The number of thiophene rings is 2. The maximum absolute atomic E-state index is 5.39. The summed E-state index contributed by atoms with van der Waals surface area (Å²) < 4.78 is 15.6. The molecular formula is C24H27Br3N4O2S2. The molecule has 0 amide bonds. The minimum absolute atomic E-state index is 0.792. The standard InChI is InChI=1S/C12H13BrN2OS.C8H5Br2NS.C4H9NO/c1-8-7-17-11-9(8)6-10(13)14-12(11)15-2-4-16-5-3-15;1-4-3-12-7-5(4)2-6(9)11-8(7)10;1-3-6-4-2-5-1/h6-7H,2-5H2,1H3;2-3H,1H3;5H,1-4H2. The number of hydrogen-bond acceptors (Lipinski definition) is 8. The summed E-state index contributed by atoms with van der Waals surface area (Å²) in [6, 6.07) is 4.15. The van der Waals surface area contributed by atoms with E-state index in [1.165, 1.54) is 31.3 Å². The third-order valence-corrected chi connectivity index (χ3v) is 9.42. The van der Waals surface area contributed by atoms with Crippen LogP contribution in [0.1, 0.15) is 11.1 Å². The van der Waals surface area contributed by atoms with Crippen LogP contribution in [0.5, 0.6) is 0 Å². The number of morpholine rings is 2. The van der Waals surface area contributed by atoms with Gasteiger partial charge in [0.05, 0.1) is 35.8 Å². The van der Waals surface area contributed by atoms with Gasteiger partial charge in [0, 0.05) is 37.0 Å². The van der Waals surface area contributed by atoms with Gasteiger partial charge in [0.1, 0.15) is 19.6 Å². The largest absolute Gasteiger partial charge is 0.379 e. The number of anilines is 1. The molecular weight excluding hydrogens is 680 g/mol. The zero-order chi connectivity index (χ0) is 24.8. The van der Waals surface area contributed by atoms with Crippen molar-refractivity contribution in [3.8, 4) is 0 Å². The predicted octanol–water partition coefficient (Wildman–Crippen LogP) is 6.94. The third kappa shape index (κ3) is 7.22. The Morgan fingerprint density at radius 1 is 0.800 bits per heavy atom. The second-order valence-electron chi connectivity index (χ2n) is 8.06. The zero-order valence-corrected chi connectivity index (χ0v) is 26.0. The summed E-state index contributed by atoms with van der Waals surface area (Å²) in [7, 11) is 0. The first-order valence-electron chi connectivity index (χ1n) is 11.3. The number of rotatable bonds is 1. The zero-order valence-electron chi connectivity index (χ0n) is 19.6. The molecule has 188 valence electrons. The molecule has 0 spiro atoms. The van der Waals surface area contributed by atoms with Crippen molar-refractivity contribution < 1.29 is 9.47 Å². The van der Waals surface area contributed by atoms with Gasteiger partial charge in [0.25, 0.3) is 0 Å². The fourth-order valence-corrected chi connectivity index (χ4v) is 7.39. The summed E-state index contributed by atoms with van der Waals surface area (Å²) in [5, 5.41) is 10.1.